The molecule has 2 aromatic rings. The molecule has 22 heavy (non-hydrogen) atoms. The van der Waals surface area contributed by atoms with E-state index in [2.05, 4.69) is 20.4 Å². The van der Waals surface area contributed by atoms with E-state index in [0.717, 1.165) is 18.9 Å². The zero-order chi connectivity index (χ0) is 16.3. The average molecular weight is 313 g/mol. The number of nitrogens with zero attached hydrogens (tertiary/aromatic N) is 4. The van der Waals surface area contributed by atoms with Crippen LogP contribution in [-0.4, -0.2) is 26.3 Å². The van der Waals surface area contributed by atoms with Gasteiger partial charge in [-0.3, -0.25) is 4.68 Å². The molecular formula is C14H18F3N5. The van der Waals surface area contributed by atoms with Gasteiger partial charge in [-0.1, -0.05) is 13.3 Å². The number of halogens is 3. The van der Waals surface area contributed by atoms with Gasteiger partial charge in [0, 0.05) is 25.4 Å². The SMILES string of the molecule is CCCCNc1nc(-c2cn(C)nc2C)cc(C(F)(F)F)n1. The van der Waals surface area contributed by atoms with Crippen LogP contribution in [0.2, 0.25) is 0 Å². The molecule has 0 spiro atoms. The zero-order valence-corrected chi connectivity index (χ0v) is 12.7. The molecule has 0 fully saturated rings. The van der Waals surface area contributed by atoms with Crippen LogP contribution in [0.5, 0.6) is 0 Å². The van der Waals surface area contributed by atoms with Crippen molar-refractivity contribution in [1.82, 2.24) is 19.7 Å². The first-order valence-corrected chi connectivity index (χ1v) is 7.02. The van der Waals surface area contributed by atoms with Gasteiger partial charge >= 0.3 is 6.18 Å². The highest BCUT2D eigenvalue weighted by atomic mass is 19.4. The van der Waals surface area contributed by atoms with E-state index >= 15 is 0 Å². The van der Waals surface area contributed by atoms with Crippen LogP contribution in [0.25, 0.3) is 11.3 Å². The van der Waals surface area contributed by atoms with Gasteiger partial charge in [-0.15, -0.1) is 0 Å². The Labute approximate surface area is 126 Å². The fourth-order valence-corrected chi connectivity index (χ4v) is 2.04. The molecule has 0 bridgehead atoms. The molecule has 0 aliphatic carbocycles. The molecule has 0 saturated heterocycles. The molecule has 2 aromatic heterocycles. The third kappa shape index (κ3) is 3.75. The molecule has 5 nitrogen and oxygen atoms in total. The molecule has 8 heteroatoms. The lowest BCUT2D eigenvalue weighted by molar-refractivity contribution is -0.141. The monoisotopic (exact) mass is 313 g/mol. The standard InChI is InChI=1S/C14H18F3N5/c1-4-5-6-18-13-19-11(7-12(20-13)14(15,16)17)10-8-22(3)21-9(10)2/h7-8H,4-6H2,1-3H3,(H,18,19,20). The summed E-state index contributed by atoms with van der Waals surface area (Å²) >= 11 is 0. The van der Waals surface area contributed by atoms with Gasteiger partial charge in [0.2, 0.25) is 5.95 Å². The highest BCUT2D eigenvalue weighted by Gasteiger charge is 2.34. The Morgan fingerprint density at radius 3 is 2.55 bits per heavy atom. The Bertz CT molecular complexity index is 648. The molecule has 0 amide bonds. The first-order chi connectivity index (χ1) is 10.3. The number of rotatable bonds is 5. The number of unbranched alkanes of at least 4 members (excludes halogenated alkanes) is 1. The van der Waals surface area contributed by atoms with E-state index in [1.54, 1.807) is 24.9 Å². The number of hydrogen-bond acceptors (Lipinski definition) is 4. The molecule has 0 unspecified atom stereocenters. The molecule has 120 valence electrons. The van der Waals surface area contributed by atoms with Crippen molar-refractivity contribution in [2.75, 3.05) is 11.9 Å². The molecular weight excluding hydrogens is 295 g/mol. The Hall–Kier alpha value is -2.12. The second kappa shape index (κ2) is 6.33. The largest absolute Gasteiger partial charge is 0.433 e. The smallest absolute Gasteiger partial charge is 0.354 e. The van der Waals surface area contributed by atoms with Crippen LogP contribution < -0.4 is 5.32 Å². The van der Waals surface area contributed by atoms with Crippen LogP contribution in [0.15, 0.2) is 12.3 Å². The fourth-order valence-electron chi connectivity index (χ4n) is 2.04. The van der Waals surface area contributed by atoms with E-state index in [1.165, 1.54) is 0 Å². The minimum atomic E-state index is -4.52. The van der Waals surface area contributed by atoms with Gasteiger partial charge in [-0.2, -0.15) is 18.3 Å². The van der Waals surface area contributed by atoms with Gasteiger partial charge in [0.25, 0.3) is 0 Å². The van der Waals surface area contributed by atoms with Crippen LogP contribution in [-0.2, 0) is 13.2 Å². The molecule has 2 heterocycles. The highest BCUT2D eigenvalue weighted by molar-refractivity contribution is 5.62. The van der Waals surface area contributed by atoms with Gasteiger partial charge in [0.15, 0.2) is 5.69 Å². The number of alkyl halides is 3. The Morgan fingerprint density at radius 2 is 2.00 bits per heavy atom. The summed E-state index contributed by atoms with van der Waals surface area (Å²) in [4.78, 5) is 7.75. The molecule has 2 rings (SSSR count). The molecule has 0 radical (unpaired) electrons. The number of hydrogen-bond donors (Lipinski definition) is 1. The third-order valence-corrected chi connectivity index (χ3v) is 3.12. The molecule has 1 N–H and O–H groups in total. The molecule has 0 atom stereocenters. The average Bonchev–Trinajstić information content (AvgIpc) is 2.77. The zero-order valence-electron chi connectivity index (χ0n) is 12.7. The Kier molecular flexibility index (Phi) is 4.68. The summed E-state index contributed by atoms with van der Waals surface area (Å²) in [5, 5.41) is 6.98. The second-order valence-corrected chi connectivity index (χ2v) is 5.04. The summed E-state index contributed by atoms with van der Waals surface area (Å²) in [5.74, 6) is -0.0125. The van der Waals surface area contributed by atoms with Gasteiger partial charge in [0.05, 0.1) is 11.4 Å². The molecule has 0 aliphatic heterocycles. The maximum atomic E-state index is 13.0. The quantitative estimate of drug-likeness (QED) is 0.859. The minimum absolute atomic E-state index is 0.0125. The Balaban J connectivity index is 2.44. The van der Waals surface area contributed by atoms with Crippen molar-refractivity contribution in [3.8, 4) is 11.3 Å². The number of anilines is 1. The first-order valence-electron chi connectivity index (χ1n) is 7.02. The topological polar surface area (TPSA) is 55.6 Å². The van der Waals surface area contributed by atoms with Crippen molar-refractivity contribution in [2.24, 2.45) is 7.05 Å². The van der Waals surface area contributed by atoms with Crippen LogP contribution in [0.3, 0.4) is 0 Å². The lowest BCUT2D eigenvalue weighted by atomic mass is 10.1. The summed E-state index contributed by atoms with van der Waals surface area (Å²) in [6.07, 6.45) is -1.11. The van der Waals surface area contributed by atoms with Crippen LogP contribution in [0, 0.1) is 6.92 Å². The number of aromatic nitrogens is 4. The number of aryl methyl sites for hydroxylation is 2. The van der Waals surface area contributed by atoms with Crippen molar-refractivity contribution in [3.63, 3.8) is 0 Å². The number of nitrogens with one attached hydrogen (secondary N) is 1. The van der Waals surface area contributed by atoms with Crippen molar-refractivity contribution >= 4 is 5.95 Å². The van der Waals surface area contributed by atoms with Crippen molar-refractivity contribution in [3.05, 3.63) is 23.7 Å². The summed E-state index contributed by atoms with van der Waals surface area (Å²) in [7, 11) is 1.71. The van der Waals surface area contributed by atoms with E-state index in [1.807, 2.05) is 6.92 Å². The van der Waals surface area contributed by atoms with Crippen LogP contribution >= 0.6 is 0 Å². The fraction of sp³-hybridized carbons (Fsp3) is 0.500. The van der Waals surface area contributed by atoms with E-state index < -0.39 is 11.9 Å². The summed E-state index contributed by atoms with van der Waals surface area (Å²) in [5.41, 5.74) is 0.439. The van der Waals surface area contributed by atoms with Gasteiger partial charge in [-0.25, -0.2) is 9.97 Å². The second-order valence-electron chi connectivity index (χ2n) is 5.04. The van der Waals surface area contributed by atoms with Gasteiger partial charge in [-0.05, 0) is 19.4 Å². The van der Waals surface area contributed by atoms with E-state index in [-0.39, 0.29) is 11.6 Å². The van der Waals surface area contributed by atoms with Crippen molar-refractivity contribution in [1.29, 1.82) is 0 Å². The van der Waals surface area contributed by atoms with E-state index in [4.69, 9.17) is 0 Å². The van der Waals surface area contributed by atoms with Crippen molar-refractivity contribution in [2.45, 2.75) is 32.9 Å². The highest BCUT2D eigenvalue weighted by Crippen LogP contribution is 2.31. The normalized spacial score (nSPS) is 11.7. The minimum Gasteiger partial charge on any atom is -0.354 e. The van der Waals surface area contributed by atoms with Crippen molar-refractivity contribution < 1.29 is 13.2 Å². The van der Waals surface area contributed by atoms with Crippen LogP contribution in [0.4, 0.5) is 19.1 Å². The molecule has 0 aliphatic rings. The lowest BCUT2D eigenvalue weighted by Gasteiger charge is -2.11. The molecule has 0 aromatic carbocycles. The predicted octanol–water partition coefficient (Wildman–Crippen LogP) is 3.42. The summed E-state index contributed by atoms with van der Waals surface area (Å²) in [6.45, 7) is 4.26. The maximum Gasteiger partial charge on any atom is 0.433 e. The maximum absolute atomic E-state index is 13.0. The summed E-state index contributed by atoms with van der Waals surface area (Å²) < 4.78 is 40.6. The Morgan fingerprint density at radius 1 is 1.27 bits per heavy atom. The van der Waals surface area contributed by atoms with Gasteiger partial charge in [0.1, 0.15) is 0 Å². The first kappa shape index (κ1) is 16.3. The third-order valence-electron chi connectivity index (χ3n) is 3.12. The predicted molar refractivity (Wildman–Crippen MR) is 77.4 cm³/mol. The summed E-state index contributed by atoms with van der Waals surface area (Å²) in [6, 6.07) is 0.953. The lowest BCUT2D eigenvalue weighted by Crippen LogP contribution is -2.13. The van der Waals surface area contributed by atoms with E-state index in [0.29, 0.717) is 17.8 Å². The van der Waals surface area contributed by atoms with Crippen LogP contribution in [0.1, 0.15) is 31.2 Å². The molecule has 0 saturated carbocycles. The van der Waals surface area contributed by atoms with E-state index in [9.17, 15) is 13.2 Å². The van der Waals surface area contributed by atoms with Gasteiger partial charge < -0.3 is 5.32 Å².